The molecular formula is C19H15N5O. The minimum Gasteiger partial charge on any atom is -0.334 e. The van der Waals surface area contributed by atoms with Crippen molar-refractivity contribution in [1.29, 1.82) is 0 Å². The molecule has 0 fully saturated rings. The van der Waals surface area contributed by atoms with Gasteiger partial charge in [0.05, 0.1) is 23.7 Å². The number of hydrogen-bond donors (Lipinski definition) is 1. The highest BCUT2D eigenvalue weighted by atomic mass is 16.1. The number of carbonyl (C=O) groups is 1. The van der Waals surface area contributed by atoms with Crippen LogP contribution in [0.25, 0.3) is 22.2 Å². The lowest BCUT2D eigenvalue weighted by atomic mass is 10.1. The molecule has 1 N–H and O–H groups in total. The van der Waals surface area contributed by atoms with Gasteiger partial charge in [-0.1, -0.05) is 24.3 Å². The van der Waals surface area contributed by atoms with E-state index in [0.29, 0.717) is 11.4 Å². The van der Waals surface area contributed by atoms with Crippen LogP contribution >= 0.6 is 0 Å². The summed E-state index contributed by atoms with van der Waals surface area (Å²) >= 11 is 0. The van der Waals surface area contributed by atoms with Gasteiger partial charge < -0.3 is 9.88 Å². The summed E-state index contributed by atoms with van der Waals surface area (Å²) in [4.78, 5) is 16.4. The molecule has 2 aromatic carbocycles. The second-order valence-electron chi connectivity index (χ2n) is 5.71. The first kappa shape index (κ1) is 15.0. The van der Waals surface area contributed by atoms with Crippen LogP contribution in [0.2, 0.25) is 0 Å². The van der Waals surface area contributed by atoms with Crippen LogP contribution in [-0.2, 0) is 7.05 Å². The molecule has 0 atom stereocenters. The van der Waals surface area contributed by atoms with Crippen molar-refractivity contribution in [2.45, 2.75) is 0 Å². The summed E-state index contributed by atoms with van der Waals surface area (Å²) in [7, 11) is 1.95. The molecule has 4 rings (SSSR count). The molecule has 4 aromatic rings. The minimum absolute atomic E-state index is 0.211. The zero-order chi connectivity index (χ0) is 17.2. The molecule has 0 saturated heterocycles. The van der Waals surface area contributed by atoms with Gasteiger partial charge >= 0.3 is 0 Å². The Hall–Kier alpha value is -3.54. The van der Waals surface area contributed by atoms with Gasteiger partial charge in [0.1, 0.15) is 0 Å². The molecule has 0 bridgehead atoms. The molecule has 2 heterocycles. The van der Waals surface area contributed by atoms with Gasteiger partial charge in [0.2, 0.25) is 0 Å². The van der Waals surface area contributed by atoms with Crippen molar-refractivity contribution in [2.75, 3.05) is 5.32 Å². The first-order valence-electron chi connectivity index (χ1n) is 7.81. The van der Waals surface area contributed by atoms with Crippen LogP contribution in [0, 0.1) is 0 Å². The summed E-state index contributed by atoms with van der Waals surface area (Å²) in [6.45, 7) is 0. The Bertz CT molecular complexity index is 1060. The third-order valence-electron chi connectivity index (χ3n) is 3.98. The van der Waals surface area contributed by atoms with Gasteiger partial charge in [0.25, 0.3) is 5.91 Å². The predicted molar refractivity (Wildman–Crippen MR) is 96.1 cm³/mol. The number of carbonyl (C=O) groups excluding carboxylic acids is 1. The third kappa shape index (κ3) is 2.97. The standard InChI is InChI=1S/C19H15N5O/c1-24-12-20-11-17(24)14-7-8-16-15(9-14)10-18(23-22-16)21-19(25)13-5-3-2-4-6-13/h2-12H,1H3,(H,21,23,25). The molecule has 0 spiro atoms. The lowest BCUT2D eigenvalue weighted by molar-refractivity contribution is 0.102. The third-order valence-corrected chi connectivity index (χ3v) is 3.98. The summed E-state index contributed by atoms with van der Waals surface area (Å²) in [5.74, 6) is 0.209. The molecule has 2 aromatic heterocycles. The van der Waals surface area contributed by atoms with E-state index in [4.69, 9.17) is 0 Å². The fourth-order valence-electron chi connectivity index (χ4n) is 2.68. The van der Waals surface area contributed by atoms with Gasteiger partial charge in [-0.3, -0.25) is 4.79 Å². The normalized spacial score (nSPS) is 10.8. The van der Waals surface area contributed by atoms with Crippen molar-refractivity contribution in [2.24, 2.45) is 7.05 Å². The molecule has 0 aliphatic carbocycles. The summed E-state index contributed by atoms with van der Waals surface area (Å²) in [6, 6.07) is 16.7. The Morgan fingerprint density at radius 1 is 1.04 bits per heavy atom. The number of aryl methyl sites for hydroxylation is 1. The van der Waals surface area contributed by atoms with Crippen LogP contribution < -0.4 is 5.32 Å². The first-order chi connectivity index (χ1) is 12.2. The molecule has 6 nitrogen and oxygen atoms in total. The highest BCUT2D eigenvalue weighted by molar-refractivity contribution is 6.04. The summed E-state index contributed by atoms with van der Waals surface area (Å²) in [5, 5.41) is 12.0. The number of fused-ring (bicyclic) bond motifs is 1. The summed E-state index contributed by atoms with van der Waals surface area (Å²) in [5.41, 5.74) is 3.38. The number of nitrogens with zero attached hydrogens (tertiary/aromatic N) is 4. The fraction of sp³-hybridized carbons (Fsp3) is 0.0526. The molecular weight excluding hydrogens is 314 g/mol. The monoisotopic (exact) mass is 329 g/mol. The number of benzene rings is 2. The van der Waals surface area contributed by atoms with E-state index in [1.54, 1.807) is 18.5 Å². The molecule has 0 saturated carbocycles. The molecule has 25 heavy (non-hydrogen) atoms. The van der Waals surface area contributed by atoms with E-state index in [1.807, 2.05) is 60.3 Å². The van der Waals surface area contributed by atoms with Crippen molar-refractivity contribution in [1.82, 2.24) is 19.7 Å². The van der Waals surface area contributed by atoms with E-state index in [-0.39, 0.29) is 5.91 Å². The number of hydrogen-bond acceptors (Lipinski definition) is 4. The van der Waals surface area contributed by atoms with Crippen LogP contribution in [0.5, 0.6) is 0 Å². The molecule has 122 valence electrons. The summed E-state index contributed by atoms with van der Waals surface area (Å²) < 4.78 is 1.95. The fourth-order valence-corrected chi connectivity index (χ4v) is 2.68. The Kier molecular flexibility index (Phi) is 3.70. The molecule has 6 heteroatoms. The molecule has 1 amide bonds. The van der Waals surface area contributed by atoms with Gasteiger partial charge in [-0.25, -0.2) is 4.98 Å². The number of rotatable bonds is 3. The summed E-state index contributed by atoms with van der Waals surface area (Å²) in [6.07, 6.45) is 3.57. The number of nitrogens with one attached hydrogen (secondary N) is 1. The zero-order valence-corrected chi connectivity index (χ0v) is 13.5. The van der Waals surface area contributed by atoms with Crippen LogP contribution in [-0.4, -0.2) is 25.7 Å². The average Bonchev–Trinajstić information content (AvgIpc) is 3.08. The zero-order valence-electron chi connectivity index (χ0n) is 13.5. The lowest BCUT2D eigenvalue weighted by Gasteiger charge is -2.07. The predicted octanol–water partition coefficient (Wildman–Crippen LogP) is 3.28. The van der Waals surface area contributed by atoms with E-state index in [1.165, 1.54) is 0 Å². The average molecular weight is 329 g/mol. The van der Waals surface area contributed by atoms with Crippen molar-refractivity contribution in [3.63, 3.8) is 0 Å². The Morgan fingerprint density at radius 3 is 2.64 bits per heavy atom. The van der Waals surface area contributed by atoms with Gasteiger partial charge in [-0.05, 0) is 30.3 Å². The number of anilines is 1. The first-order valence-corrected chi connectivity index (χ1v) is 7.81. The second-order valence-corrected chi connectivity index (χ2v) is 5.71. The van der Waals surface area contributed by atoms with Crippen molar-refractivity contribution in [3.05, 3.63) is 72.7 Å². The van der Waals surface area contributed by atoms with Crippen LogP contribution in [0.4, 0.5) is 5.82 Å². The molecule has 0 unspecified atom stereocenters. The Morgan fingerprint density at radius 2 is 1.88 bits per heavy atom. The topological polar surface area (TPSA) is 72.7 Å². The molecule has 0 aliphatic heterocycles. The quantitative estimate of drug-likeness (QED) is 0.626. The maximum atomic E-state index is 12.3. The van der Waals surface area contributed by atoms with E-state index in [2.05, 4.69) is 20.5 Å². The number of aromatic nitrogens is 4. The van der Waals surface area contributed by atoms with Crippen molar-refractivity contribution >= 4 is 22.6 Å². The SMILES string of the molecule is Cn1cncc1-c1ccc2nnc(NC(=O)c3ccccc3)cc2c1. The Balaban J connectivity index is 1.67. The minimum atomic E-state index is -0.211. The maximum absolute atomic E-state index is 12.3. The van der Waals surface area contributed by atoms with E-state index >= 15 is 0 Å². The van der Waals surface area contributed by atoms with Crippen molar-refractivity contribution in [3.8, 4) is 11.3 Å². The number of imidazole rings is 1. The smallest absolute Gasteiger partial charge is 0.256 e. The van der Waals surface area contributed by atoms with E-state index in [0.717, 1.165) is 22.2 Å². The maximum Gasteiger partial charge on any atom is 0.256 e. The number of amides is 1. The van der Waals surface area contributed by atoms with Crippen molar-refractivity contribution < 1.29 is 4.79 Å². The van der Waals surface area contributed by atoms with Crippen LogP contribution in [0.1, 0.15) is 10.4 Å². The van der Waals surface area contributed by atoms with Gasteiger partial charge in [0.15, 0.2) is 5.82 Å². The highest BCUT2D eigenvalue weighted by Gasteiger charge is 2.09. The van der Waals surface area contributed by atoms with Gasteiger partial charge in [-0.15, -0.1) is 10.2 Å². The van der Waals surface area contributed by atoms with Gasteiger partial charge in [0, 0.05) is 23.6 Å². The van der Waals surface area contributed by atoms with Crippen LogP contribution in [0.3, 0.4) is 0 Å². The second kappa shape index (κ2) is 6.16. The largest absolute Gasteiger partial charge is 0.334 e. The highest BCUT2D eigenvalue weighted by Crippen LogP contribution is 2.24. The van der Waals surface area contributed by atoms with Gasteiger partial charge in [-0.2, -0.15) is 0 Å². The lowest BCUT2D eigenvalue weighted by Crippen LogP contribution is -2.13. The van der Waals surface area contributed by atoms with E-state index in [9.17, 15) is 4.79 Å². The molecule has 0 aliphatic rings. The Labute approximate surface area is 144 Å². The van der Waals surface area contributed by atoms with Crippen LogP contribution in [0.15, 0.2) is 67.1 Å². The van der Waals surface area contributed by atoms with E-state index < -0.39 is 0 Å². The molecule has 0 radical (unpaired) electrons.